The zero-order valence-corrected chi connectivity index (χ0v) is 15.2. The molecule has 3 aromatic rings. The van der Waals surface area contributed by atoms with Crippen LogP contribution in [0.15, 0.2) is 60.5 Å². The van der Waals surface area contributed by atoms with Gasteiger partial charge in [0.25, 0.3) is 0 Å². The van der Waals surface area contributed by atoms with Gasteiger partial charge in [-0.25, -0.2) is 0 Å². The smallest absolute Gasteiger partial charge is 0.234 e. The molecule has 0 bridgehead atoms. The van der Waals surface area contributed by atoms with Crippen LogP contribution in [-0.4, -0.2) is 31.4 Å². The summed E-state index contributed by atoms with van der Waals surface area (Å²) in [4.78, 5) is 16.3. The van der Waals surface area contributed by atoms with Crippen molar-refractivity contribution in [3.63, 3.8) is 0 Å². The first-order valence-corrected chi connectivity index (χ1v) is 9.18. The Morgan fingerprint density at radius 3 is 2.73 bits per heavy atom. The van der Waals surface area contributed by atoms with Crippen LogP contribution in [0.5, 0.6) is 0 Å². The fourth-order valence-electron chi connectivity index (χ4n) is 2.42. The Hall–Kier alpha value is -2.93. The largest absolute Gasteiger partial charge is 0.325 e. The molecule has 6 nitrogen and oxygen atoms in total. The van der Waals surface area contributed by atoms with E-state index in [1.807, 2.05) is 47.9 Å². The van der Waals surface area contributed by atoms with Crippen molar-refractivity contribution in [1.82, 2.24) is 19.7 Å². The van der Waals surface area contributed by atoms with Gasteiger partial charge >= 0.3 is 0 Å². The van der Waals surface area contributed by atoms with Crippen molar-refractivity contribution in [2.24, 2.45) is 0 Å². The van der Waals surface area contributed by atoms with Crippen LogP contribution in [0.2, 0.25) is 0 Å². The second kappa shape index (κ2) is 8.44. The summed E-state index contributed by atoms with van der Waals surface area (Å²) in [5.41, 5.74) is 2.67. The predicted molar refractivity (Wildman–Crippen MR) is 105 cm³/mol. The number of thioether (sulfide) groups is 1. The molecule has 0 spiro atoms. The standard InChI is InChI=1S/C19H19N5OS/c1-3-14-7-9-16(10-8-14)21-17(25)13-26-19-23-22-18(24(19)4-2)15-6-5-11-20-12-15/h3,5-12H,1,4,13H2,2H3,(H,21,25). The van der Waals surface area contributed by atoms with Crippen LogP contribution in [0.1, 0.15) is 12.5 Å². The summed E-state index contributed by atoms with van der Waals surface area (Å²) >= 11 is 1.36. The van der Waals surface area contributed by atoms with Gasteiger partial charge in [0.1, 0.15) is 0 Å². The monoisotopic (exact) mass is 365 g/mol. The number of carbonyl (C=O) groups excluding carboxylic acids is 1. The molecule has 7 heteroatoms. The van der Waals surface area contributed by atoms with Crippen LogP contribution in [0.4, 0.5) is 5.69 Å². The molecule has 0 radical (unpaired) electrons. The Kier molecular flexibility index (Phi) is 5.80. The summed E-state index contributed by atoms with van der Waals surface area (Å²) in [6, 6.07) is 11.3. The SMILES string of the molecule is C=Cc1ccc(NC(=O)CSc2nnc(-c3cccnc3)n2CC)cc1. The fraction of sp³-hybridized carbons (Fsp3) is 0.158. The van der Waals surface area contributed by atoms with E-state index in [9.17, 15) is 4.79 Å². The van der Waals surface area contributed by atoms with Crippen molar-refractivity contribution < 1.29 is 4.79 Å². The zero-order valence-electron chi connectivity index (χ0n) is 14.4. The van der Waals surface area contributed by atoms with Crippen molar-refractivity contribution in [3.8, 4) is 11.4 Å². The maximum atomic E-state index is 12.2. The highest BCUT2D eigenvalue weighted by Crippen LogP contribution is 2.23. The van der Waals surface area contributed by atoms with E-state index in [1.54, 1.807) is 18.5 Å². The highest BCUT2D eigenvalue weighted by atomic mass is 32.2. The van der Waals surface area contributed by atoms with E-state index in [0.717, 1.165) is 22.6 Å². The van der Waals surface area contributed by atoms with E-state index in [-0.39, 0.29) is 11.7 Å². The number of pyridine rings is 1. The normalized spacial score (nSPS) is 10.5. The molecule has 0 aliphatic heterocycles. The third-order valence-corrected chi connectivity index (χ3v) is 4.68. The van der Waals surface area contributed by atoms with E-state index in [2.05, 4.69) is 27.1 Å². The van der Waals surface area contributed by atoms with Crippen LogP contribution in [-0.2, 0) is 11.3 Å². The second-order valence-electron chi connectivity index (χ2n) is 5.46. The molecule has 1 N–H and O–H groups in total. The number of nitrogens with one attached hydrogen (secondary N) is 1. The average molecular weight is 365 g/mol. The minimum atomic E-state index is -0.0880. The Morgan fingerprint density at radius 1 is 1.27 bits per heavy atom. The third kappa shape index (κ3) is 4.18. The molecule has 3 rings (SSSR count). The number of anilines is 1. The van der Waals surface area contributed by atoms with Crippen molar-refractivity contribution >= 4 is 29.4 Å². The summed E-state index contributed by atoms with van der Waals surface area (Å²) in [5.74, 6) is 0.924. The number of nitrogens with zero attached hydrogens (tertiary/aromatic N) is 4. The van der Waals surface area contributed by atoms with Crippen molar-refractivity contribution in [2.45, 2.75) is 18.6 Å². The number of carbonyl (C=O) groups is 1. The molecule has 0 saturated heterocycles. The first-order chi connectivity index (χ1) is 12.7. The minimum absolute atomic E-state index is 0.0880. The van der Waals surface area contributed by atoms with Crippen LogP contribution in [0.3, 0.4) is 0 Å². The van der Waals surface area contributed by atoms with Gasteiger partial charge in [0, 0.05) is 30.2 Å². The molecule has 0 fully saturated rings. The van der Waals surface area contributed by atoms with Crippen molar-refractivity contribution in [3.05, 3.63) is 60.9 Å². The van der Waals surface area contributed by atoms with E-state index in [1.165, 1.54) is 11.8 Å². The summed E-state index contributed by atoms with van der Waals surface area (Å²) < 4.78 is 1.98. The van der Waals surface area contributed by atoms with Crippen LogP contribution in [0, 0.1) is 0 Å². The van der Waals surface area contributed by atoms with Gasteiger partial charge in [-0.1, -0.05) is 36.5 Å². The summed E-state index contributed by atoms with van der Waals surface area (Å²) in [5, 5.41) is 12.1. The van der Waals surface area contributed by atoms with Gasteiger partial charge in [0.2, 0.25) is 5.91 Å². The number of amides is 1. The first kappa shape index (κ1) is 17.9. The Balaban J connectivity index is 1.64. The van der Waals surface area contributed by atoms with Crippen LogP contribution in [0.25, 0.3) is 17.5 Å². The zero-order chi connectivity index (χ0) is 18.4. The van der Waals surface area contributed by atoms with E-state index in [4.69, 9.17) is 0 Å². The topological polar surface area (TPSA) is 72.7 Å². The maximum absolute atomic E-state index is 12.2. The number of rotatable bonds is 7. The van der Waals surface area contributed by atoms with Gasteiger partial charge in [-0.15, -0.1) is 10.2 Å². The number of hydrogen-bond acceptors (Lipinski definition) is 5. The van der Waals surface area contributed by atoms with E-state index in [0.29, 0.717) is 11.7 Å². The van der Waals surface area contributed by atoms with Crippen LogP contribution >= 0.6 is 11.8 Å². The van der Waals surface area contributed by atoms with Gasteiger partial charge in [0.15, 0.2) is 11.0 Å². The molecule has 0 atom stereocenters. The average Bonchev–Trinajstić information content (AvgIpc) is 3.10. The Bertz CT molecular complexity index is 890. The summed E-state index contributed by atoms with van der Waals surface area (Å²) in [7, 11) is 0. The van der Waals surface area contributed by atoms with E-state index < -0.39 is 0 Å². The van der Waals surface area contributed by atoms with Gasteiger partial charge in [-0.3, -0.25) is 9.78 Å². The lowest BCUT2D eigenvalue weighted by molar-refractivity contribution is -0.113. The van der Waals surface area contributed by atoms with Gasteiger partial charge in [-0.2, -0.15) is 0 Å². The summed E-state index contributed by atoms with van der Waals surface area (Å²) in [6.07, 6.45) is 5.24. The molecule has 0 aliphatic rings. The Labute approximate surface area is 156 Å². The lowest BCUT2D eigenvalue weighted by Crippen LogP contribution is -2.14. The lowest BCUT2D eigenvalue weighted by Gasteiger charge is -2.08. The Morgan fingerprint density at radius 2 is 2.08 bits per heavy atom. The molecule has 0 aliphatic carbocycles. The molecule has 2 aromatic heterocycles. The molecule has 2 heterocycles. The molecule has 1 amide bonds. The van der Waals surface area contributed by atoms with Gasteiger partial charge < -0.3 is 9.88 Å². The predicted octanol–water partition coefficient (Wildman–Crippen LogP) is 3.73. The number of aromatic nitrogens is 4. The molecular formula is C19H19N5OS. The second-order valence-corrected chi connectivity index (χ2v) is 6.40. The van der Waals surface area contributed by atoms with Crippen LogP contribution < -0.4 is 5.32 Å². The molecule has 1 aromatic carbocycles. The summed E-state index contributed by atoms with van der Waals surface area (Å²) in [6.45, 7) is 6.45. The first-order valence-electron chi connectivity index (χ1n) is 8.20. The van der Waals surface area contributed by atoms with Gasteiger partial charge in [-0.05, 0) is 36.8 Å². The lowest BCUT2D eigenvalue weighted by atomic mass is 10.2. The van der Waals surface area contributed by atoms with Gasteiger partial charge in [0.05, 0.1) is 5.75 Å². The molecule has 132 valence electrons. The maximum Gasteiger partial charge on any atom is 0.234 e. The molecule has 0 saturated carbocycles. The van der Waals surface area contributed by atoms with Crippen molar-refractivity contribution in [2.75, 3.05) is 11.1 Å². The molecule has 26 heavy (non-hydrogen) atoms. The quantitative estimate of drug-likeness (QED) is 0.646. The van der Waals surface area contributed by atoms with Crippen molar-refractivity contribution in [1.29, 1.82) is 0 Å². The molecule has 0 unspecified atom stereocenters. The third-order valence-electron chi connectivity index (χ3n) is 3.72. The fourth-order valence-corrected chi connectivity index (χ4v) is 3.22. The molecular weight excluding hydrogens is 346 g/mol. The highest BCUT2D eigenvalue weighted by molar-refractivity contribution is 7.99. The van der Waals surface area contributed by atoms with E-state index >= 15 is 0 Å². The highest BCUT2D eigenvalue weighted by Gasteiger charge is 2.14. The number of hydrogen-bond donors (Lipinski definition) is 1. The number of benzene rings is 1. The minimum Gasteiger partial charge on any atom is -0.325 e.